The Balaban J connectivity index is 2.71. The molecule has 0 fully saturated rings. The van der Waals surface area contributed by atoms with Crippen LogP contribution in [0, 0.1) is 0 Å². The first-order valence-corrected chi connectivity index (χ1v) is 5.57. The Labute approximate surface area is 100 Å². The van der Waals surface area contributed by atoms with Crippen LogP contribution in [0.5, 0.6) is 0 Å². The molecule has 0 saturated carbocycles. The summed E-state index contributed by atoms with van der Waals surface area (Å²) in [5.41, 5.74) is 7.35. The first-order valence-electron chi connectivity index (χ1n) is 5.19. The number of anilines is 1. The van der Waals surface area contributed by atoms with Crippen LogP contribution in [-0.4, -0.2) is 19.5 Å². The van der Waals surface area contributed by atoms with Crippen molar-refractivity contribution in [2.24, 2.45) is 0 Å². The summed E-state index contributed by atoms with van der Waals surface area (Å²) in [5.74, 6) is -0.182. The van der Waals surface area contributed by atoms with Gasteiger partial charge in [-0.15, -0.1) is 0 Å². The Hall–Kier alpha value is -1.26. The highest BCUT2D eigenvalue weighted by molar-refractivity contribution is 6.34. The van der Waals surface area contributed by atoms with Crippen molar-refractivity contribution in [3.63, 3.8) is 0 Å². The normalized spacial score (nSPS) is 9.94. The summed E-state index contributed by atoms with van der Waals surface area (Å²) in [4.78, 5) is 11.4. The van der Waals surface area contributed by atoms with Crippen LogP contribution in [0.25, 0.3) is 0 Å². The minimum absolute atomic E-state index is 0.182. The Bertz CT molecular complexity index is 368. The molecule has 16 heavy (non-hydrogen) atoms. The topological polar surface area (TPSA) is 53.2 Å². The number of carbonyl (C=O) groups is 1. The lowest BCUT2D eigenvalue weighted by Gasteiger charge is -2.09. The van der Waals surface area contributed by atoms with Crippen LogP contribution < -0.4 is 16.2 Å². The summed E-state index contributed by atoms with van der Waals surface area (Å²) in [6, 6.07) is 5.21. The maximum Gasteiger partial charge on any atom is 0.252 e. The van der Waals surface area contributed by atoms with E-state index in [-0.39, 0.29) is 5.91 Å². The zero-order chi connectivity index (χ0) is 12.0. The highest BCUT2D eigenvalue weighted by Gasteiger charge is 2.08. The summed E-state index contributed by atoms with van der Waals surface area (Å²) in [6.07, 6.45) is 1.04. The van der Waals surface area contributed by atoms with E-state index in [4.69, 9.17) is 11.6 Å². The molecule has 0 atom stereocenters. The lowest BCUT2D eigenvalue weighted by molar-refractivity contribution is 0.0963. The number of hydrogen-bond acceptors (Lipinski definition) is 3. The summed E-state index contributed by atoms with van der Waals surface area (Å²) < 4.78 is 0. The second kappa shape index (κ2) is 6.35. The van der Waals surface area contributed by atoms with Gasteiger partial charge in [-0.25, -0.2) is 5.43 Å². The predicted octanol–water partition coefficient (Wildman–Crippen LogP) is 2.03. The summed E-state index contributed by atoms with van der Waals surface area (Å²) in [5, 5.41) is 2.97. The molecule has 1 aromatic rings. The van der Waals surface area contributed by atoms with E-state index in [0.29, 0.717) is 10.6 Å². The van der Waals surface area contributed by atoms with Gasteiger partial charge < -0.3 is 10.7 Å². The number of hydrogen-bond donors (Lipinski definition) is 3. The second-order valence-corrected chi connectivity index (χ2v) is 3.73. The smallest absolute Gasteiger partial charge is 0.252 e. The van der Waals surface area contributed by atoms with Crippen molar-refractivity contribution in [2.45, 2.75) is 13.3 Å². The van der Waals surface area contributed by atoms with Gasteiger partial charge in [-0.2, -0.15) is 0 Å². The number of amides is 1. The van der Waals surface area contributed by atoms with Crippen LogP contribution in [0.15, 0.2) is 18.2 Å². The predicted molar refractivity (Wildman–Crippen MR) is 66.8 cm³/mol. The van der Waals surface area contributed by atoms with Crippen molar-refractivity contribution in [1.29, 1.82) is 0 Å². The fraction of sp³-hybridized carbons (Fsp3) is 0.364. The maximum absolute atomic E-state index is 11.4. The molecule has 0 heterocycles. The molecule has 1 amide bonds. The average Bonchev–Trinajstić information content (AvgIpc) is 2.29. The Morgan fingerprint density at radius 2 is 2.19 bits per heavy atom. The summed E-state index contributed by atoms with van der Waals surface area (Å²) >= 11 is 5.99. The van der Waals surface area contributed by atoms with Crippen molar-refractivity contribution < 1.29 is 4.79 Å². The fourth-order valence-electron chi connectivity index (χ4n) is 1.20. The van der Waals surface area contributed by atoms with Gasteiger partial charge in [0.25, 0.3) is 5.91 Å². The van der Waals surface area contributed by atoms with Gasteiger partial charge in [0, 0.05) is 13.6 Å². The molecule has 1 rings (SSSR count). The molecule has 0 radical (unpaired) electrons. The molecular formula is C11H16ClN3O. The molecule has 0 spiro atoms. The van der Waals surface area contributed by atoms with Gasteiger partial charge in [0.2, 0.25) is 0 Å². The van der Waals surface area contributed by atoms with E-state index in [0.717, 1.165) is 18.7 Å². The molecule has 4 nitrogen and oxygen atoms in total. The third-order valence-corrected chi connectivity index (χ3v) is 2.36. The standard InChI is InChI=1S/C11H16ClN3O/c1-3-6-14-15-8-4-5-9(10(12)7-8)11(16)13-2/h4-5,7,14-15H,3,6H2,1-2H3,(H,13,16). The number of halogens is 1. The first kappa shape index (κ1) is 12.8. The van der Waals surface area contributed by atoms with Crippen LogP contribution >= 0.6 is 11.6 Å². The highest BCUT2D eigenvalue weighted by atomic mass is 35.5. The molecule has 0 bridgehead atoms. The summed E-state index contributed by atoms with van der Waals surface area (Å²) in [7, 11) is 1.58. The molecule has 3 N–H and O–H groups in total. The van der Waals surface area contributed by atoms with Crippen molar-refractivity contribution in [2.75, 3.05) is 19.0 Å². The quantitative estimate of drug-likeness (QED) is 0.546. The molecule has 0 aliphatic carbocycles. The number of carbonyl (C=O) groups excluding carboxylic acids is 1. The number of hydrazine groups is 1. The largest absolute Gasteiger partial charge is 0.355 e. The zero-order valence-electron chi connectivity index (χ0n) is 9.43. The molecule has 88 valence electrons. The van der Waals surface area contributed by atoms with E-state index in [1.54, 1.807) is 25.2 Å². The molecule has 5 heteroatoms. The van der Waals surface area contributed by atoms with Crippen LogP contribution in [0.1, 0.15) is 23.7 Å². The van der Waals surface area contributed by atoms with Crippen molar-refractivity contribution >= 4 is 23.2 Å². The van der Waals surface area contributed by atoms with E-state index in [1.807, 2.05) is 0 Å². The number of rotatable bonds is 5. The third kappa shape index (κ3) is 3.40. The molecule has 0 aliphatic heterocycles. The third-order valence-electron chi connectivity index (χ3n) is 2.05. The zero-order valence-corrected chi connectivity index (χ0v) is 10.2. The van der Waals surface area contributed by atoms with Gasteiger partial charge in [-0.1, -0.05) is 18.5 Å². The first-order chi connectivity index (χ1) is 7.69. The van der Waals surface area contributed by atoms with Crippen LogP contribution in [0.4, 0.5) is 5.69 Å². The Morgan fingerprint density at radius 3 is 2.75 bits per heavy atom. The molecule has 0 aliphatic rings. The van der Waals surface area contributed by atoms with Gasteiger partial charge in [-0.3, -0.25) is 4.79 Å². The molecule has 0 aromatic heterocycles. The number of nitrogens with one attached hydrogen (secondary N) is 3. The van der Waals surface area contributed by atoms with Gasteiger partial charge >= 0.3 is 0 Å². The van der Waals surface area contributed by atoms with E-state index in [2.05, 4.69) is 23.1 Å². The summed E-state index contributed by atoms with van der Waals surface area (Å²) in [6.45, 7) is 2.95. The van der Waals surface area contributed by atoms with Crippen LogP contribution in [-0.2, 0) is 0 Å². The fourth-order valence-corrected chi connectivity index (χ4v) is 1.47. The molecule has 1 aromatic carbocycles. The Morgan fingerprint density at radius 1 is 1.44 bits per heavy atom. The number of benzene rings is 1. The van der Waals surface area contributed by atoms with E-state index >= 15 is 0 Å². The monoisotopic (exact) mass is 241 g/mol. The lowest BCUT2D eigenvalue weighted by atomic mass is 10.2. The van der Waals surface area contributed by atoms with Crippen molar-refractivity contribution in [3.8, 4) is 0 Å². The van der Waals surface area contributed by atoms with Crippen LogP contribution in [0.2, 0.25) is 5.02 Å². The maximum atomic E-state index is 11.4. The van der Waals surface area contributed by atoms with Crippen molar-refractivity contribution in [1.82, 2.24) is 10.7 Å². The average molecular weight is 242 g/mol. The van der Waals surface area contributed by atoms with E-state index in [1.165, 1.54) is 0 Å². The molecular weight excluding hydrogens is 226 g/mol. The van der Waals surface area contributed by atoms with Crippen LogP contribution in [0.3, 0.4) is 0 Å². The lowest BCUT2D eigenvalue weighted by Crippen LogP contribution is -2.22. The van der Waals surface area contributed by atoms with Gasteiger partial charge in [0.15, 0.2) is 0 Å². The van der Waals surface area contributed by atoms with Gasteiger partial charge in [0.05, 0.1) is 16.3 Å². The molecule has 0 unspecified atom stereocenters. The molecule has 0 saturated heterocycles. The van der Waals surface area contributed by atoms with Gasteiger partial charge in [0.1, 0.15) is 0 Å². The van der Waals surface area contributed by atoms with E-state index < -0.39 is 0 Å². The second-order valence-electron chi connectivity index (χ2n) is 3.33. The minimum Gasteiger partial charge on any atom is -0.355 e. The van der Waals surface area contributed by atoms with E-state index in [9.17, 15) is 4.79 Å². The van der Waals surface area contributed by atoms with Crippen molar-refractivity contribution in [3.05, 3.63) is 28.8 Å². The minimum atomic E-state index is -0.182. The SMILES string of the molecule is CCCNNc1ccc(C(=O)NC)c(Cl)c1. The Kier molecular flexibility index (Phi) is 5.08. The van der Waals surface area contributed by atoms with Gasteiger partial charge in [-0.05, 0) is 24.6 Å². The highest BCUT2D eigenvalue weighted by Crippen LogP contribution is 2.20.